The van der Waals surface area contributed by atoms with E-state index in [1.54, 1.807) is 18.2 Å². The number of rotatable bonds is 4. The molecular formula is C13H14ClNO2. The molecule has 2 aromatic rings. The number of aryl methyl sites for hydroxylation is 1. The van der Waals surface area contributed by atoms with Crippen molar-refractivity contribution in [1.82, 2.24) is 0 Å². The Morgan fingerprint density at radius 2 is 2.24 bits per heavy atom. The van der Waals surface area contributed by atoms with Crippen LogP contribution in [0.2, 0.25) is 0 Å². The quantitative estimate of drug-likeness (QED) is 0.665. The number of unbranched alkanes of at least 4 members (excludes halogenated alkanes) is 1. The zero-order valence-electron chi connectivity index (χ0n) is 9.63. The highest BCUT2D eigenvalue weighted by atomic mass is 35.5. The van der Waals surface area contributed by atoms with E-state index in [0.29, 0.717) is 28.0 Å². The third kappa shape index (κ3) is 2.29. The molecule has 0 spiro atoms. The van der Waals surface area contributed by atoms with Crippen molar-refractivity contribution in [3.63, 3.8) is 0 Å². The van der Waals surface area contributed by atoms with Gasteiger partial charge in [0.25, 0.3) is 5.24 Å². The molecule has 0 radical (unpaired) electrons. The molecule has 1 aromatic heterocycles. The number of anilines is 1. The number of furan rings is 1. The lowest BCUT2D eigenvalue weighted by Gasteiger charge is -1.96. The van der Waals surface area contributed by atoms with Crippen LogP contribution in [0.4, 0.5) is 5.69 Å². The first-order chi connectivity index (χ1) is 8.13. The molecule has 0 aliphatic rings. The van der Waals surface area contributed by atoms with Gasteiger partial charge in [-0.05, 0) is 36.2 Å². The van der Waals surface area contributed by atoms with E-state index >= 15 is 0 Å². The summed E-state index contributed by atoms with van der Waals surface area (Å²) in [4.78, 5) is 11.5. The first kappa shape index (κ1) is 12.0. The second-order valence-electron chi connectivity index (χ2n) is 4.03. The molecule has 2 N–H and O–H groups in total. The van der Waals surface area contributed by atoms with E-state index in [9.17, 15) is 4.79 Å². The number of fused-ring (bicyclic) bond motifs is 1. The third-order valence-corrected chi connectivity index (χ3v) is 2.93. The monoisotopic (exact) mass is 251 g/mol. The van der Waals surface area contributed by atoms with Crippen LogP contribution in [-0.4, -0.2) is 5.24 Å². The fraction of sp³-hybridized carbons (Fsp3) is 0.308. The number of benzene rings is 1. The molecule has 3 nitrogen and oxygen atoms in total. The number of carbonyl (C=O) groups is 1. The van der Waals surface area contributed by atoms with Gasteiger partial charge in [0.2, 0.25) is 0 Å². The summed E-state index contributed by atoms with van der Waals surface area (Å²) in [6.07, 6.45) is 2.72. The number of nitrogen functional groups attached to an aromatic ring is 1. The molecule has 0 atom stereocenters. The number of halogens is 1. The molecule has 0 fully saturated rings. The SMILES string of the molecule is CCCCc1oc2ccc(N)cc2c1C(=O)Cl. The average molecular weight is 252 g/mol. The number of carbonyl (C=O) groups excluding carboxylic acids is 1. The fourth-order valence-electron chi connectivity index (χ4n) is 1.89. The molecule has 4 heteroatoms. The normalized spacial score (nSPS) is 10.9. The second kappa shape index (κ2) is 4.80. The number of nitrogens with two attached hydrogens (primary N) is 1. The van der Waals surface area contributed by atoms with Gasteiger partial charge in [-0.25, -0.2) is 0 Å². The van der Waals surface area contributed by atoms with E-state index in [1.807, 2.05) is 0 Å². The molecule has 1 aromatic carbocycles. The van der Waals surface area contributed by atoms with Crippen molar-refractivity contribution in [3.05, 3.63) is 29.5 Å². The highest BCUT2D eigenvalue weighted by Crippen LogP contribution is 2.30. The summed E-state index contributed by atoms with van der Waals surface area (Å²) in [5, 5.41) is 0.219. The largest absolute Gasteiger partial charge is 0.460 e. The van der Waals surface area contributed by atoms with Gasteiger partial charge in [0, 0.05) is 17.5 Å². The van der Waals surface area contributed by atoms with Gasteiger partial charge in [-0.15, -0.1) is 0 Å². The molecule has 0 saturated carbocycles. The maximum Gasteiger partial charge on any atom is 0.256 e. The van der Waals surface area contributed by atoms with Crippen LogP contribution < -0.4 is 5.73 Å². The standard InChI is InChI=1S/C13H14ClNO2/c1-2-3-4-11-12(13(14)16)9-7-8(15)5-6-10(9)17-11/h5-7H,2-4,15H2,1H3. The van der Waals surface area contributed by atoms with Gasteiger partial charge in [-0.1, -0.05) is 13.3 Å². The Morgan fingerprint density at radius 1 is 1.47 bits per heavy atom. The van der Waals surface area contributed by atoms with E-state index < -0.39 is 5.24 Å². The van der Waals surface area contributed by atoms with E-state index in [2.05, 4.69) is 6.92 Å². The van der Waals surface area contributed by atoms with Crippen molar-refractivity contribution < 1.29 is 9.21 Å². The van der Waals surface area contributed by atoms with Gasteiger partial charge < -0.3 is 10.2 Å². The van der Waals surface area contributed by atoms with Crippen LogP contribution in [0.1, 0.15) is 35.9 Å². The van der Waals surface area contributed by atoms with Gasteiger partial charge in [-0.2, -0.15) is 0 Å². The van der Waals surface area contributed by atoms with Crippen molar-refractivity contribution in [2.45, 2.75) is 26.2 Å². The minimum absolute atomic E-state index is 0.461. The Bertz CT molecular complexity index is 560. The molecule has 1 heterocycles. The van der Waals surface area contributed by atoms with E-state index in [1.165, 1.54) is 0 Å². The van der Waals surface area contributed by atoms with Crippen molar-refractivity contribution >= 4 is 33.5 Å². The van der Waals surface area contributed by atoms with Crippen molar-refractivity contribution in [3.8, 4) is 0 Å². The summed E-state index contributed by atoms with van der Waals surface area (Å²) < 4.78 is 5.66. The first-order valence-corrected chi connectivity index (χ1v) is 6.02. The Labute approximate surface area is 105 Å². The van der Waals surface area contributed by atoms with Crippen molar-refractivity contribution in [1.29, 1.82) is 0 Å². The molecule has 0 aliphatic heterocycles. The predicted molar refractivity (Wildman–Crippen MR) is 69.4 cm³/mol. The van der Waals surface area contributed by atoms with Gasteiger partial charge in [-0.3, -0.25) is 4.79 Å². The Morgan fingerprint density at radius 3 is 2.88 bits per heavy atom. The van der Waals surface area contributed by atoms with Crippen LogP contribution in [-0.2, 0) is 6.42 Å². The van der Waals surface area contributed by atoms with E-state index in [4.69, 9.17) is 21.8 Å². The van der Waals surface area contributed by atoms with E-state index in [0.717, 1.165) is 19.3 Å². The molecule has 90 valence electrons. The van der Waals surface area contributed by atoms with Gasteiger partial charge >= 0.3 is 0 Å². The highest BCUT2D eigenvalue weighted by Gasteiger charge is 2.18. The van der Waals surface area contributed by atoms with Crippen LogP contribution in [0.15, 0.2) is 22.6 Å². The third-order valence-electron chi connectivity index (χ3n) is 2.74. The van der Waals surface area contributed by atoms with E-state index in [-0.39, 0.29) is 0 Å². The topological polar surface area (TPSA) is 56.2 Å². The minimum atomic E-state index is -0.486. The van der Waals surface area contributed by atoms with Crippen molar-refractivity contribution in [2.24, 2.45) is 0 Å². The molecule has 0 unspecified atom stereocenters. The van der Waals surface area contributed by atoms with Crippen LogP contribution in [0.25, 0.3) is 11.0 Å². The van der Waals surface area contributed by atoms with Crippen LogP contribution in [0.5, 0.6) is 0 Å². The lowest BCUT2D eigenvalue weighted by molar-refractivity contribution is 0.108. The summed E-state index contributed by atoms with van der Waals surface area (Å²) in [6.45, 7) is 2.09. The zero-order chi connectivity index (χ0) is 12.4. The number of hydrogen-bond donors (Lipinski definition) is 1. The second-order valence-corrected chi connectivity index (χ2v) is 4.38. The Hall–Kier alpha value is -1.48. The van der Waals surface area contributed by atoms with Crippen LogP contribution in [0, 0.1) is 0 Å². The van der Waals surface area contributed by atoms with Crippen LogP contribution >= 0.6 is 11.6 Å². The highest BCUT2D eigenvalue weighted by molar-refractivity contribution is 6.68. The summed E-state index contributed by atoms with van der Waals surface area (Å²) in [7, 11) is 0. The predicted octanol–water partition coefficient (Wildman–Crippen LogP) is 3.74. The summed E-state index contributed by atoms with van der Waals surface area (Å²) in [6, 6.07) is 5.24. The maximum atomic E-state index is 11.5. The number of hydrogen-bond acceptors (Lipinski definition) is 3. The summed E-state index contributed by atoms with van der Waals surface area (Å²) >= 11 is 5.62. The molecule has 0 bridgehead atoms. The average Bonchev–Trinajstić information content (AvgIpc) is 2.63. The molecule has 0 amide bonds. The molecule has 0 aliphatic carbocycles. The summed E-state index contributed by atoms with van der Waals surface area (Å²) in [5.41, 5.74) is 7.42. The van der Waals surface area contributed by atoms with Crippen LogP contribution in [0.3, 0.4) is 0 Å². The van der Waals surface area contributed by atoms with Gasteiger partial charge in [0.15, 0.2) is 0 Å². The van der Waals surface area contributed by atoms with Crippen molar-refractivity contribution in [2.75, 3.05) is 5.73 Å². The zero-order valence-corrected chi connectivity index (χ0v) is 10.4. The lowest BCUT2D eigenvalue weighted by Crippen LogP contribution is -1.94. The Kier molecular flexibility index (Phi) is 3.38. The maximum absolute atomic E-state index is 11.5. The first-order valence-electron chi connectivity index (χ1n) is 5.64. The Balaban J connectivity index is 2.58. The molecule has 2 rings (SSSR count). The summed E-state index contributed by atoms with van der Waals surface area (Å²) in [5.74, 6) is 0.660. The smallest absolute Gasteiger partial charge is 0.256 e. The minimum Gasteiger partial charge on any atom is -0.460 e. The lowest BCUT2D eigenvalue weighted by atomic mass is 10.1. The van der Waals surface area contributed by atoms with Gasteiger partial charge in [0.1, 0.15) is 11.3 Å². The molecule has 0 saturated heterocycles. The molecule has 17 heavy (non-hydrogen) atoms. The molecular weight excluding hydrogens is 238 g/mol. The van der Waals surface area contributed by atoms with Gasteiger partial charge in [0.05, 0.1) is 5.56 Å². The fourth-order valence-corrected chi connectivity index (χ4v) is 2.10.